The molecule has 0 aliphatic heterocycles. The van der Waals surface area contributed by atoms with Gasteiger partial charge in [0.1, 0.15) is 5.76 Å². The van der Waals surface area contributed by atoms with Crippen molar-refractivity contribution in [2.24, 2.45) is 5.92 Å². The molecule has 1 aromatic heterocycles. The van der Waals surface area contributed by atoms with Crippen molar-refractivity contribution < 1.29 is 4.42 Å². The fourth-order valence-electron chi connectivity index (χ4n) is 1.43. The Morgan fingerprint density at radius 3 is 2.67 bits per heavy atom. The largest absolute Gasteiger partial charge is 0.446 e. The predicted octanol–water partition coefficient (Wildman–Crippen LogP) is 2.41. The molecule has 0 bridgehead atoms. The van der Waals surface area contributed by atoms with Gasteiger partial charge in [0.15, 0.2) is 5.89 Å². The fourth-order valence-corrected chi connectivity index (χ4v) is 1.43. The summed E-state index contributed by atoms with van der Waals surface area (Å²) in [6, 6.07) is 0.523. The lowest BCUT2D eigenvalue weighted by atomic mass is 10.1. The number of hydrogen-bond acceptors (Lipinski definition) is 3. The monoisotopic (exact) mass is 210 g/mol. The van der Waals surface area contributed by atoms with Gasteiger partial charge in [-0.2, -0.15) is 0 Å². The van der Waals surface area contributed by atoms with Crippen molar-refractivity contribution in [2.75, 3.05) is 6.54 Å². The first-order chi connectivity index (χ1) is 7.08. The van der Waals surface area contributed by atoms with Crippen molar-refractivity contribution in [1.29, 1.82) is 0 Å². The molecule has 0 saturated carbocycles. The Labute approximate surface area is 92.3 Å². The predicted molar refractivity (Wildman–Crippen MR) is 61.9 cm³/mol. The quantitative estimate of drug-likeness (QED) is 0.783. The summed E-state index contributed by atoms with van der Waals surface area (Å²) < 4.78 is 5.63. The average molecular weight is 210 g/mol. The summed E-state index contributed by atoms with van der Waals surface area (Å²) in [5.41, 5.74) is 0. The van der Waals surface area contributed by atoms with E-state index < -0.39 is 0 Å². The van der Waals surface area contributed by atoms with Gasteiger partial charge in [-0.3, -0.25) is 0 Å². The zero-order valence-electron chi connectivity index (χ0n) is 10.2. The van der Waals surface area contributed by atoms with E-state index in [1.165, 1.54) is 0 Å². The third-order valence-electron chi connectivity index (χ3n) is 2.10. The Bertz CT molecular complexity index is 279. The van der Waals surface area contributed by atoms with Crippen molar-refractivity contribution >= 4 is 0 Å². The Balaban J connectivity index is 2.33. The molecule has 0 aromatic carbocycles. The highest BCUT2D eigenvalue weighted by Gasteiger charge is 2.05. The SMILES string of the molecule is CC(C)Cc1cnc(CCNC(C)C)o1. The van der Waals surface area contributed by atoms with E-state index >= 15 is 0 Å². The Kier molecular flexibility index (Phi) is 4.82. The molecule has 1 heterocycles. The highest BCUT2D eigenvalue weighted by Crippen LogP contribution is 2.09. The van der Waals surface area contributed by atoms with Gasteiger partial charge >= 0.3 is 0 Å². The molecule has 0 atom stereocenters. The minimum Gasteiger partial charge on any atom is -0.446 e. The van der Waals surface area contributed by atoms with Crippen LogP contribution in [0, 0.1) is 5.92 Å². The second-order valence-corrected chi connectivity index (χ2v) is 4.68. The van der Waals surface area contributed by atoms with E-state index in [0.717, 1.165) is 31.0 Å². The summed E-state index contributed by atoms with van der Waals surface area (Å²) in [4.78, 5) is 4.26. The molecule has 3 nitrogen and oxygen atoms in total. The molecule has 0 aliphatic carbocycles. The lowest BCUT2D eigenvalue weighted by molar-refractivity contribution is 0.424. The maximum Gasteiger partial charge on any atom is 0.195 e. The van der Waals surface area contributed by atoms with Gasteiger partial charge in [-0.25, -0.2) is 4.98 Å². The summed E-state index contributed by atoms with van der Waals surface area (Å²) >= 11 is 0. The van der Waals surface area contributed by atoms with E-state index in [1.54, 1.807) is 0 Å². The molecule has 15 heavy (non-hydrogen) atoms. The maximum atomic E-state index is 5.63. The number of nitrogens with one attached hydrogen (secondary N) is 1. The van der Waals surface area contributed by atoms with Crippen LogP contribution in [0.15, 0.2) is 10.6 Å². The third kappa shape index (κ3) is 4.98. The molecule has 1 N–H and O–H groups in total. The number of rotatable bonds is 6. The first kappa shape index (κ1) is 12.2. The summed E-state index contributed by atoms with van der Waals surface area (Å²) in [6.45, 7) is 9.57. The fraction of sp³-hybridized carbons (Fsp3) is 0.750. The van der Waals surface area contributed by atoms with Crippen molar-refractivity contribution in [1.82, 2.24) is 10.3 Å². The van der Waals surface area contributed by atoms with Crippen LogP contribution in [0.2, 0.25) is 0 Å². The molecule has 0 spiro atoms. The second kappa shape index (κ2) is 5.91. The third-order valence-corrected chi connectivity index (χ3v) is 2.10. The Morgan fingerprint density at radius 1 is 1.33 bits per heavy atom. The summed E-state index contributed by atoms with van der Waals surface area (Å²) in [5, 5.41) is 3.34. The molecule has 0 unspecified atom stereocenters. The molecule has 0 aliphatic rings. The van der Waals surface area contributed by atoms with Gasteiger partial charge in [-0.15, -0.1) is 0 Å². The molecule has 86 valence electrons. The lowest BCUT2D eigenvalue weighted by Gasteiger charge is -2.05. The summed E-state index contributed by atoms with van der Waals surface area (Å²) in [5.74, 6) is 2.47. The van der Waals surface area contributed by atoms with Crippen LogP contribution in [-0.4, -0.2) is 17.6 Å². The first-order valence-corrected chi connectivity index (χ1v) is 5.75. The maximum absolute atomic E-state index is 5.63. The number of hydrogen-bond donors (Lipinski definition) is 1. The van der Waals surface area contributed by atoms with Crippen molar-refractivity contribution in [3.8, 4) is 0 Å². The van der Waals surface area contributed by atoms with E-state index in [2.05, 4.69) is 38.0 Å². The van der Waals surface area contributed by atoms with Crippen molar-refractivity contribution in [3.05, 3.63) is 17.8 Å². The zero-order valence-corrected chi connectivity index (χ0v) is 10.2. The molecule has 0 fully saturated rings. The normalized spacial score (nSPS) is 11.6. The van der Waals surface area contributed by atoms with Crippen molar-refractivity contribution in [2.45, 2.75) is 46.6 Å². The van der Waals surface area contributed by atoms with E-state index in [1.807, 2.05) is 6.20 Å². The van der Waals surface area contributed by atoms with Crippen LogP contribution in [0.1, 0.15) is 39.3 Å². The number of nitrogens with zero attached hydrogens (tertiary/aromatic N) is 1. The van der Waals surface area contributed by atoms with Gasteiger partial charge in [0.25, 0.3) is 0 Å². The van der Waals surface area contributed by atoms with E-state index in [9.17, 15) is 0 Å². The molecule has 3 heteroatoms. The van der Waals surface area contributed by atoms with Crippen LogP contribution in [0.5, 0.6) is 0 Å². The van der Waals surface area contributed by atoms with Gasteiger partial charge in [0, 0.05) is 25.4 Å². The summed E-state index contributed by atoms with van der Waals surface area (Å²) in [7, 11) is 0. The number of oxazole rings is 1. The number of aromatic nitrogens is 1. The molecular formula is C12H22N2O. The van der Waals surface area contributed by atoms with E-state index in [0.29, 0.717) is 12.0 Å². The average Bonchev–Trinajstić information content (AvgIpc) is 2.50. The standard InChI is InChI=1S/C12H22N2O/c1-9(2)7-11-8-14-12(15-11)5-6-13-10(3)4/h8-10,13H,5-7H2,1-4H3. The van der Waals surface area contributed by atoms with Crippen LogP contribution in [0.25, 0.3) is 0 Å². The van der Waals surface area contributed by atoms with E-state index in [-0.39, 0.29) is 0 Å². The van der Waals surface area contributed by atoms with Gasteiger partial charge in [-0.1, -0.05) is 27.7 Å². The first-order valence-electron chi connectivity index (χ1n) is 5.75. The van der Waals surface area contributed by atoms with Gasteiger partial charge in [-0.05, 0) is 5.92 Å². The van der Waals surface area contributed by atoms with Crippen LogP contribution < -0.4 is 5.32 Å². The highest BCUT2D eigenvalue weighted by molar-refractivity contribution is 4.95. The molecule has 1 aromatic rings. The Morgan fingerprint density at radius 2 is 2.07 bits per heavy atom. The van der Waals surface area contributed by atoms with Gasteiger partial charge in [0.2, 0.25) is 0 Å². The minimum absolute atomic E-state index is 0.523. The zero-order chi connectivity index (χ0) is 11.3. The van der Waals surface area contributed by atoms with E-state index in [4.69, 9.17) is 4.42 Å². The van der Waals surface area contributed by atoms with Crippen LogP contribution in [-0.2, 0) is 12.8 Å². The van der Waals surface area contributed by atoms with Crippen LogP contribution in [0.3, 0.4) is 0 Å². The minimum atomic E-state index is 0.523. The van der Waals surface area contributed by atoms with Crippen LogP contribution in [0.4, 0.5) is 0 Å². The second-order valence-electron chi connectivity index (χ2n) is 4.68. The molecule has 0 saturated heterocycles. The van der Waals surface area contributed by atoms with Crippen molar-refractivity contribution in [3.63, 3.8) is 0 Å². The molecule has 0 radical (unpaired) electrons. The Hall–Kier alpha value is -0.830. The molecular weight excluding hydrogens is 188 g/mol. The van der Waals surface area contributed by atoms with Crippen LogP contribution >= 0.6 is 0 Å². The summed E-state index contributed by atoms with van der Waals surface area (Å²) in [6.07, 6.45) is 3.70. The van der Waals surface area contributed by atoms with Gasteiger partial charge in [0.05, 0.1) is 6.20 Å². The van der Waals surface area contributed by atoms with Gasteiger partial charge < -0.3 is 9.73 Å². The smallest absolute Gasteiger partial charge is 0.195 e. The topological polar surface area (TPSA) is 38.1 Å². The molecule has 0 amide bonds. The highest BCUT2D eigenvalue weighted by atomic mass is 16.4. The molecule has 1 rings (SSSR count). The lowest BCUT2D eigenvalue weighted by Crippen LogP contribution is -2.24.